The molecule has 1 saturated heterocycles. The summed E-state index contributed by atoms with van der Waals surface area (Å²) < 4.78 is 7.18. The summed E-state index contributed by atoms with van der Waals surface area (Å²) >= 11 is 3.26. The Bertz CT molecular complexity index is 1130. The zero-order valence-electron chi connectivity index (χ0n) is 17.4. The van der Waals surface area contributed by atoms with Crippen molar-refractivity contribution in [2.24, 2.45) is 0 Å². The molecular weight excluding hydrogens is 533 g/mol. The van der Waals surface area contributed by atoms with E-state index < -0.39 is 0 Å². The van der Waals surface area contributed by atoms with Crippen LogP contribution < -0.4 is 4.74 Å². The van der Waals surface area contributed by atoms with Gasteiger partial charge in [-0.05, 0) is 82.6 Å². The number of para-hydroxylation sites is 1. The number of aryl methyl sites for hydroxylation is 1. The number of amides is 2. The normalized spacial score (nSPS) is 14.9. The van der Waals surface area contributed by atoms with Crippen LogP contribution in [0.3, 0.4) is 0 Å². The lowest BCUT2D eigenvalue weighted by Crippen LogP contribution is -2.29. The average Bonchev–Trinajstić information content (AvgIpc) is 3.07. The molecule has 3 aromatic carbocycles. The molecular formula is C26H22INO3S. The molecule has 4 nitrogen and oxygen atoms in total. The highest BCUT2D eigenvalue weighted by atomic mass is 127. The standard InChI is InChI=1S/C26H22INO3S/c27-22-14-12-20(13-15-22)18-31-23-11-5-4-10-21(23)17-24-25(29)28(26(30)32-24)16-6-9-19-7-2-1-3-8-19/h1-5,7-8,10-15,17H,6,9,16,18H2/b24-17+. The van der Waals surface area contributed by atoms with Crippen LogP contribution in [0.15, 0.2) is 83.8 Å². The van der Waals surface area contributed by atoms with Crippen LogP contribution in [0.2, 0.25) is 0 Å². The second kappa shape index (κ2) is 10.8. The van der Waals surface area contributed by atoms with Gasteiger partial charge in [-0.15, -0.1) is 0 Å². The van der Waals surface area contributed by atoms with Crippen molar-refractivity contribution in [1.29, 1.82) is 0 Å². The maximum absolute atomic E-state index is 12.9. The van der Waals surface area contributed by atoms with Gasteiger partial charge in [0.1, 0.15) is 12.4 Å². The van der Waals surface area contributed by atoms with Gasteiger partial charge >= 0.3 is 0 Å². The summed E-state index contributed by atoms with van der Waals surface area (Å²) in [5, 5.41) is -0.216. The molecule has 0 spiro atoms. The van der Waals surface area contributed by atoms with E-state index in [-0.39, 0.29) is 11.1 Å². The lowest BCUT2D eigenvalue weighted by molar-refractivity contribution is -0.122. The Kier molecular flexibility index (Phi) is 7.65. The fraction of sp³-hybridized carbons (Fsp3) is 0.154. The second-order valence-electron chi connectivity index (χ2n) is 7.38. The summed E-state index contributed by atoms with van der Waals surface area (Å²) in [5.74, 6) is 0.447. The fourth-order valence-corrected chi connectivity index (χ4v) is 4.61. The van der Waals surface area contributed by atoms with Gasteiger partial charge in [0.05, 0.1) is 4.91 Å². The molecule has 0 saturated carbocycles. The van der Waals surface area contributed by atoms with Crippen LogP contribution in [0.5, 0.6) is 5.75 Å². The van der Waals surface area contributed by atoms with E-state index in [1.165, 1.54) is 14.0 Å². The third kappa shape index (κ3) is 5.81. The smallest absolute Gasteiger partial charge is 0.293 e. The van der Waals surface area contributed by atoms with E-state index in [1.54, 1.807) is 6.08 Å². The van der Waals surface area contributed by atoms with Crippen molar-refractivity contribution in [3.8, 4) is 5.75 Å². The molecule has 0 radical (unpaired) electrons. The molecule has 0 aliphatic carbocycles. The minimum absolute atomic E-state index is 0.216. The molecule has 4 rings (SSSR count). The predicted molar refractivity (Wildman–Crippen MR) is 137 cm³/mol. The largest absolute Gasteiger partial charge is 0.488 e. The van der Waals surface area contributed by atoms with Crippen LogP contribution in [0.4, 0.5) is 4.79 Å². The van der Waals surface area contributed by atoms with E-state index in [0.29, 0.717) is 23.8 Å². The quantitative estimate of drug-likeness (QED) is 0.234. The highest BCUT2D eigenvalue weighted by Gasteiger charge is 2.34. The monoisotopic (exact) mass is 555 g/mol. The number of nitrogens with zero attached hydrogens (tertiary/aromatic N) is 1. The van der Waals surface area contributed by atoms with Crippen LogP contribution in [0.1, 0.15) is 23.1 Å². The number of carbonyl (C=O) groups is 2. The summed E-state index contributed by atoms with van der Waals surface area (Å²) in [6, 6.07) is 25.8. The summed E-state index contributed by atoms with van der Waals surface area (Å²) in [7, 11) is 0. The second-order valence-corrected chi connectivity index (χ2v) is 9.61. The van der Waals surface area contributed by atoms with Crippen molar-refractivity contribution in [1.82, 2.24) is 4.90 Å². The Hall–Kier alpha value is -2.58. The number of ether oxygens (including phenoxy) is 1. The van der Waals surface area contributed by atoms with Gasteiger partial charge < -0.3 is 4.74 Å². The summed E-state index contributed by atoms with van der Waals surface area (Å²) in [6.45, 7) is 0.852. The summed E-state index contributed by atoms with van der Waals surface area (Å²) in [4.78, 5) is 27.1. The molecule has 162 valence electrons. The van der Waals surface area contributed by atoms with Crippen LogP contribution >= 0.6 is 34.4 Å². The molecule has 0 aromatic heterocycles. The SMILES string of the molecule is O=C1S/C(=C/c2ccccc2OCc2ccc(I)cc2)C(=O)N1CCCc1ccccc1. The first-order valence-electron chi connectivity index (χ1n) is 10.4. The summed E-state index contributed by atoms with van der Waals surface area (Å²) in [5.41, 5.74) is 3.06. The van der Waals surface area contributed by atoms with Gasteiger partial charge in [0.2, 0.25) is 0 Å². The lowest BCUT2D eigenvalue weighted by atomic mass is 10.1. The Balaban J connectivity index is 1.41. The first kappa shape index (κ1) is 22.6. The van der Waals surface area contributed by atoms with Crippen LogP contribution in [-0.4, -0.2) is 22.6 Å². The molecule has 0 atom stereocenters. The van der Waals surface area contributed by atoms with E-state index >= 15 is 0 Å². The van der Waals surface area contributed by atoms with Crippen molar-refractivity contribution >= 4 is 51.6 Å². The fourth-order valence-electron chi connectivity index (χ4n) is 3.39. The van der Waals surface area contributed by atoms with E-state index in [0.717, 1.165) is 35.7 Å². The van der Waals surface area contributed by atoms with Gasteiger partial charge in [-0.2, -0.15) is 0 Å². The van der Waals surface area contributed by atoms with Crippen molar-refractivity contribution < 1.29 is 14.3 Å². The number of thioether (sulfide) groups is 1. The molecule has 3 aromatic rings. The molecule has 2 amide bonds. The average molecular weight is 555 g/mol. The lowest BCUT2D eigenvalue weighted by Gasteiger charge is -2.12. The van der Waals surface area contributed by atoms with Gasteiger partial charge in [0.25, 0.3) is 11.1 Å². The zero-order valence-corrected chi connectivity index (χ0v) is 20.3. The van der Waals surface area contributed by atoms with Crippen LogP contribution in [-0.2, 0) is 17.8 Å². The maximum atomic E-state index is 12.9. The van der Waals surface area contributed by atoms with Crippen molar-refractivity contribution in [2.75, 3.05) is 6.54 Å². The van der Waals surface area contributed by atoms with Gasteiger partial charge in [-0.1, -0.05) is 60.7 Å². The van der Waals surface area contributed by atoms with Crippen LogP contribution in [0.25, 0.3) is 6.08 Å². The molecule has 0 bridgehead atoms. The molecule has 0 N–H and O–H groups in total. The molecule has 1 fully saturated rings. The van der Waals surface area contributed by atoms with Gasteiger partial charge in [-0.25, -0.2) is 0 Å². The molecule has 32 heavy (non-hydrogen) atoms. The van der Waals surface area contributed by atoms with Crippen molar-refractivity contribution in [2.45, 2.75) is 19.4 Å². The Morgan fingerprint density at radius 2 is 1.59 bits per heavy atom. The Morgan fingerprint density at radius 1 is 0.875 bits per heavy atom. The summed E-state index contributed by atoms with van der Waals surface area (Å²) in [6.07, 6.45) is 3.33. The molecule has 1 heterocycles. The minimum Gasteiger partial charge on any atom is -0.488 e. The molecule has 1 aliphatic rings. The molecule has 1 aliphatic heterocycles. The van der Waals surface area contributed by atoms with E-state index in [1.807, 2.05) is 66.7 Å². The highest BCUT2D eigenvalue weighted by molar-refractivity contribution is 14.1. The van der Waals surface area contributed by atoms with Gasteiger partial charge in [-0.3, -0.25) is 14.5 Å². The van der Waals surface area contributed by atoms with Gasteiger partial charge in [0, 0.05) is 15.7 Å². The highest BCUT2D eigenvalue weighted by Crippen LogP contribution is 2.34. The zero-order chi connectivity index (χ0) is 22.3. The molecule has 6 heteroatoms. The Labute approximate surface area is 205 Å². The predicted octanol–water partition coefficient (Wildman–Crippen LogP) is 6.54. The third-order valence-corrected chi connectivity index (χ3v) is 6.70. The first-order valence-corrected chi connectivity index (χ1v) is 12.3. The topological polar surface area (TPSA) is 46.6 Å². The molecule has 0 unspecified atom stereocenters. The number of imide groups is 1. The third-order valence-electron chi connectivity index (χ3n) is 5.08. The van der Waals surface area contributed by atoms with Crippen molar-refractivity contribution in [3.63, 3.8) is 0 Å². The van der Waals surface area contributed by atoms with E-state index in [2.05, 4.69) is 34.7 Å². The van der Waals surface area contributed by atoms with Crippen LogP contribution in [0, 0.1) is 3.57 Å². The first-order chi connectivity index (χ1) is 15.6. The maximum Gasteiger partial charge on any atom is 0.293 e. The van der Waals surface area contributed by atoms with Crippen molar-refractivity contribution in [3.05, 3.63) is 104 Å². The van der Waals surface area contributed by atoms with E-state index in [9.17, 15) is 9.59 Å². The van der Waals surface area contributed by atoms with E-state index in [4.69, 9.17) is 4.74 Å². The number of carbonyl (C=O) groups excluding carboxylic acids is 2. The number of halogens is 1. The number of rotatable bonds is 8. The Morgan fingerprint density at radius 3 is 2.38 bits per heavy atom. The number of hydrogen-bond donors (Lipinski definition) is 0. The van der Waals surface area contributed by atoms with Gasteiger partial charge in [0.15, 0.2) is 0 Å². The minimum atomic E-state index is -0.236. The number of benzene rings is 3. The number of hydrogen-bond acceptors (Lipinski definition) is 4.